The summed E-state index contributed by atoms with van der Waals surface area (Å²) in [5, 5.41) is 3.99. The lowest BCUT2D eigenvalue weighted by Crippen LogP contribution is -2.37. The van der Waals surface area contributed by atoms with Gasteiger partial charge in [0.1, 0.15) is 11.5 Å². The number of nitrogens with one attached hydrogen (secondary N) is 2. The molecule has 5 heteroatoms. The summed E-state index contributed by atoms with van der Waals surface area (Å²) in [6.45, 7) is 7.08. The number of carbonyl (C=O) groups is 1. The van der Waals surface area contributed by atoms with Gasteiger partial charge in [-0.2, -0.15) is 11.8 Å². The van der Waals surface area contributed by atoms with Crippen LogP contribution in [0.25, 0.3) is 10.9 Å². The van der Waals surface area contributed by atoms with Crippen molar-refractivity contribution >= 4 is 28.6 Å². The summed E-state index contributed by atoms with van der Waals surface area (Å²) < 4.78 is 13.2. The molecule has 0 aliphatic heterocycles. The number of halogens is 1. The molecule has 114 valence electrons. The molecule has 21 heavy (non-hydrogen) atoms. The number of H-pyrrole nitrogens is 1. The lowest BCUT2D eigenvalue weighted by molar-refractivity contribution is 0.0946. The summed E-state index contributed by atoms with van der Waals surface area (Å²) in [7, 11) is 0. The monoisotopic (exact) mass is 308 g/mol. The van der Waals surface area contributed by atoms with Crippen molar-refractivity contribution in [3.8, 4) is 0 Å². The Balaban J connectivity index is 2.08. The quantitative estimate of drug-likeness (QED) is 0.902. The van der Waals surface area contributed by atoms with E-state index in [1.165, 1.54) is 12.1 Å². The number of rotatable bonds is 4. The normalized spacial score (nSPS) is 13.4. The summed E-state index contributed by atoms with van der Waals surface area (Å²) in [4.78, 5) is 15.2. The van der Waals surface area contributed by atoms with Gasteiger partial charge in [0.05, 0.1) is 0 Å². The van der Waals surface area contributed by atoms with Crippen LogP contribution < -0.4 is 5.32 Å². The predicted octanol–water partition coefficient (Wildman–Crippen LogP) is 3.81. The van der Waals surface area contributed by atoms with Crippen LogP contribution in [0.1, 0.15) is 31.3 Å². The van der Waals surface area contributed by atoms with Crippen LogP contribution in [-0.2, 0) is 0 Å². The Bertz CT molecular complexity index is 645. The Morgan fingerprint density at radius 1 is 1.38 bits per heavy atom. The van der Waals surface area contributed by atoms with Crippen molar-refractivity contribution in [3.05, 3.63) is 35.8 Å². The van der Waals surface area contributed by atoms with E-state index in [1.54, 1.807) is 23.9 Å². The highest BCUT2D eigenvalue weighted by Gasteiger charge is 2.24. The Morgan fingerprint density at radius 3 is 2.71 bits per heavy atom. The number of hydrogen-bond acceptors (Lipinski definition) is 2. The molecule has 3 nitrogen and oxygen atoms in total. The second kappa shape index (κ2) is 6.10. The van der Waals surface area contributed by atoms with E-state index in [-0.39, 0.29) is 17.1 Å². The fourth-order valence-electron chi connectivity index (χ4n) is 2.25. The molecule has 0 aliphatic carbocycles. The maximum absolute atomic E-state index is 13.2. The van der Waals surface area contributed by atoms with E-state index in [0.29, 0.717) is 22.9 Å². The molecule has 0 fully saturated rings. The van der Waals surface area contributed by atoms with Gasteiger partial charge in [-0.05, 0) is 35.9 Å². The van der Waals surface area contributed by atoms with Crippen LogP contribution in [0.3, 0.4) is 0 Å². The third-order valence-corrected chi connectivity index (χ3v) is 4.97. The van der Waals surface area contributed by atoms with Gasteiger partial charge in [-0.1, -0.05) is 20.8 Å². The highest BCUT2D eigenvalue weighted by atomic mass is 32.2. The van der Waals surface area contributed by atoms with Gasteiger partial charge in [0.15, 0.2) is 0 Å². The molecular formula is C16H21FN2OS. The van der Waals surface area contributed by atoms with Gasteiger partial charge in [-0.3, -0.25) is 4.79 Å². The largest absolute Gasteiger partial charge is 0.351 e. The molecule has 0 spiro atoms. The fraction of sp³-hybridized carbons (Fsp3) is 0.438. The van der Waals surface area contributed by atoms with Gasteiger partial charge in [0, 0.05) is 22.7 Å². The third-order valence-electron chi connectivity index (χ3n) is 3.53. The summed E-state index contributed by atoms with van der Waals surface area (Å²) in [5.74, 6) is -0.460. The molecule has 0 unspecified atom stereocenters. The summed E-state index contributed by atoms with van der Waals surface area (Å²) >= 11 is 1.75. The number of amides is 1. The maximum atomic E-state index is 13.2. The first-order valence-electron chi connectivity index (χ1n) is 6.90. The van der Waals surface area contributed by atoms with E-state index in [1.807, 2.05) is 6.26 Å². The van der Waals surface area contributed by atoms with Gasteiger partial charge in [0.25, 0.3) is 5.91 Å². The number of benzene rings is 1. The first kappa shape index (κ1) is 15.9. The fourth-order valence-corrected chi connectivity index (χ4v) is 3.21. The highest BCUT2D eigenvalue weighted by Crippen LogP contribution is 2.28. The highest BCUT2D eigenvalue weighted by molar-refractivity contribution is 7.99. The van der Waals surface area contributed by atoms with Gasteiger partial charge in [-0.15, -0.1) is 0 Å². The number of aromatic amines is 1. The Kier molecular flexibility index (Phi) is 4.61. The number of hydrogen-bond donors (Lipinski definition) is 2. The second-order valence-electron chi connectivity index (χ2n) is 6.21. The zero-order chi connectivity index (χ0) is 15.6. The molecule has 0 aliphatic rings. The zero-order valence-corrected chi connectivity index (χ0v) is 13.6. The molecule has 1 aromatic heterocycles. The van der Waals surface area contributed by atoms with Gasteiger partial charge in [0.2, 0.25) is 0 Å². The molecular weight excluding hydrogens is 287 g/mol. The summed E-state index contributed by atoms with van der Waals surface area (Å²) in [6.07, 6.45) is 2.05. The summed E-state index contributed by atoms with van der Waals surface area (Å²) in [5.41, 5.74) is 1.35. The minimum atomic E-state index is -0.302. The third kappa shape index (κ3) is 3.79. The lowest BCUT2D eigenvalue weighted by Gasteiger charge is -2.29. The van der Waals surface area contributed by atoms with Gasteiger partial charge < -0.3 is 10.3 Å². The standard InChI is InChI=1S/C16H21FN2OS/c1-16(2,3)14(21-4)9-18-15(20)13-8-10-7-11(17)5-6-12(10)19-13/h5-8,14,19H,9H2,1-4H3,(H,18,20)/t14-/m0/s1. The molecule has 0 bridgehead atoms. The van der Waals surface area contributed by atoms with E-state index in [0.717, 1.165) is 5.52 Å². The molecule has 0 radical (unpaired) electrons. The van der Waals surface area contributed by atoms with Crippen LogP contribution in [0, 0.1) is 11.2 Å². The lowest BCUT2D eigenvalue weighted by atomic mass is 9.91. The SMILES string of the molecule is CS[C@@H](CNC(=O)c1cc2cc(F)ccc2[nH]1)C(C)(C)C. The van der Waals surface area contributed by atoms with Crippen LogP contribution >= 0.6 is 11.8 Å². The second-order valence-corrected chi connectivity index (χ2v) is 7.26. The van der Waals surface area contributed by atoms with Crippen molar-refractivity contribution in [2.45, 2.75) is 26.0 Å². The van der Waals surface area contributed by atoms with Crippen LogP contribution in [0.4, 0.5) is 4.39 Å². The zero-order valence-electron chi connectivity index (χ0n) is 12.8. The smallest absolute Gasteiger partial charge is 0.267 e. The van der Waals surface area contributed by atoms with Crippen LogP contribution in [-0.4, -0.2) is 28.9 Å². The van der Waals surface area contributed by atoms with E-state index in [9.17, 15) is 9.18 Å². The van der Waals surface area contributed by atoms with Crippen molar-refractivity contribution in [1.29, 1.82) is 0 Å². The topological polar surface area (TPSA) is 44.9 Å². The average molecular weight is 308 g/mol. The number of carbonyl (C=O) groups excluding carboxylic acids is 1. The number of thioether (sulfide) groups is 1. The molecule has 2 aromatic rings. The molecule has 2 N–H and O–H groups in total. The van der Waals surface area contributed by atoms with E-state index in [2.05, 4.69) is 31.1 Å². The minimum Gasteiger partial charge on any atom is -0.351 e. The van der Waals surface area contributed by atoms with E-state index in [4.69, 9.17) is 0 Å². The molecule has 1 amide bonds. The van der Waals surface area contributed by atoms with Crippen molar-refractivity contribution in [3.63, 3.8) is 0 Å². The van der Waals surface area contributed by atoms with Crippen molar-refractivity contribution in [2.24, 2.45) is 5.41 Å². The Morgan fingerprint density at radius 2 is 2.10 bits per heavy atom. The number of fused-ring (bicyclic) bond motifs is 1. The Hall–Kier alpha value is -1.49. The van der Waals surface area contributed by atoms with Gasteiger partial charge in [-0.25, -0.2) is 4.39 Å². The molecule has 0 saturated heterocycles. The van der Waals surface area contributed by atoms with E-state index >= 15 is 0 Å². The van der Waals surface area contributed by atoms with Gasteiger partial charge >= 0.3 is 0 Å². The molecule has 1 aromatic carbocycles. The minimum absolute atomic E-state index is 0.121. The molecule has 2 rings (SSSR count). The number of aromatic nitrogens is 1. The van der Waals surface area contributed by atoms with E-state index < -0.39 is 0 Å². The molecule has 0 saturated carbocycles. The first-order valence-corrected chi connectivity index (χ1v) is 8.19. The Labute approximate surface area is 128 Å². The summed E-state index contributed by atoms with van der Waals surface area (Å²) in [6, 6.07) is 6.12. The van der Waals surface area contributed by atoms with Crippen molar-refractivity contribution in [2.75, 3.05) is 12.8 Å². The first-order chi connectivity index (χ1) is 9.81. The van der Waals surface area contributed by atoms with Crippen molar-refractivity contribution < 1.29 is 9.18 Å². The van der Waals surface area contributed by atoms with Crippen LogP contribution in [0.2, 0.25) is 0 Å². The average Bonchev–Trinajstić information content (AvgIpc) is 2.80. The molecule has 1 atom stereocenters. The molecule has 1 heterocycles. The van der Waals surface area contributed by atoms with Crippen LogP contribution in [0.5, 0.6) is 0 Å². The van der Waals surface area contributed by atoms with Crippen LogP contribution in [0.15, 0.2) is 24.3 Å². The maximum Gasteiger partial charge on any atom is 0.267 e. The van der Waals surface area contributed by atoms with Crippen molar-refractivity contribution in [1.82, 2.24) is 10.3 Å². The predicted molar refractivity (Wildman–Crippen MR) is 87.3 cm³/mol.